The van der Waals surface area contributed by atoms with Crippen LogP contribution in [0.1, 0.15) is 11.5 Å². The summed E-state index contributed by atoms with van der Waals surface area (Å²) in [5.74, 6) is 0.205. The van der Waals surface area contributed by atoms with E-state index in [0.29, 0.717) is 21.4 Å². The summed E-state index contributed by atoms with van der Waals surface area (Å²) in [4.78, 5) is 16.8. The molecule has 0 fully saturated rings. The number of amides is 1. The van der Waals surface area contributed by atoms with Gasteiger partial charge in [-0.25, -0.2) is 4.98 Å². The number of fused-ring (bicyclic) bond motifs is 1. The molecule has 0 aliphatic carbocycles. The van der Waals surface area contributed by atoms with Crippen molar-refractivity contribution < 1.29 is 4.79 Å². The van der Waals surface area contributed by atoms with Crippen LogP contribution in [0.5, 0.6) is 0 Å². The van der Waals surface area contributed by atoms with Gasteiger partial charge in [-0.05, 0) is 43.3 Å². The van der Waals surface area contributed by atoms with Gasteiger partial charge < -0.3 is 9.72 Å². The SMILES string of the molecule is Cc1nc(/C=C(\C#N)C(=O)Nc2cc(Cl)cc(Cl)c2)c2ccccn12. The zero-order valence-electron chi connectivity index (χ0n) is 13.1. The molecule has 7 heteroatoms. The number of rotatable bonds is 3. The number of benzene rings is 1. The number of pyridine rings is 1. The van der Waals surface area contributed by atoms with Crippen molar-refractivity contribution in [3.8, 4) is 6.07 Å². The number of hydrogen-bond acceptors (Lipinski definition) is 3. The van der Waals surface area contributed by atoms with Crippen LogP contribution in [0.15, 0.2) is 48.2 Å². The predicted octanol–water partition coefficient (Wildman–Crippen LogP) is 4.50. The Kier molecular flexibility index (Phi) is 4.75. The lowest BCUT2D eigenvalue weighted by atomic mass is 10.2. The van der Waals surface area contributed by atoms with Crippen molar-refractivity contribution in [1.29, 1.82) is 5.26 Å². The first kappa shape index (κ1) is 17.0. The summed E-state index contributed by atoms with van der Waals surface area (Å²) in [6.45, 7) is 1.85. The van der Waals surface area contributed by atoms with Gasteiger partial charge in [-0.2, -0.15) is 5.26 Å². The van der Waals surface area contributed by atoms with Gasteiger partial charge in [-0.3, -0.25) is 4.79 Å². The molecule has 1 aromatic carbocycles. The number of carbonyl (C=O) groups excluding carboxylic acids is 1. The largest absolute Gasteiger partial charge is 0.321 e. The van der Waals surface area contributed by atoms with Gasteiger partial charge in [0.15, 0.2) is 0 Å². The average molecular weight is 371 g/mol. The summed E-state index contributed by atoms with van der Waals surface area (Å²) in [5.41, 5.74) is 1.70. The lowest BCUT2D eigenvalue weighted by Gasteiger charge is -2.05. The summed E-state index contributed by atoms with van der Waals surface area (Å²) >= 11 is 11.8. The molecule has 0 atom stereocenters. The van der Waals surface area contributed by atoms with E-state index in [9.17, 15) is 10.1 Å². The van der Waals surface area contributed by atoms with E-state index in [-0.39, 0.29) is 5.57 Å². The van der Waals surface area contributed by atoms with Gasteiger partial charge >= 0.3 is 0 Å². The monoisotopic (exact) mass is 370 g/mol. The van der Waals surface area contributed by atoms with Gasteiger partial charge in [0.25, 0.3) is 5.91 Å². The number of halogens is 2. The fourth-order valence-corrected chi connectivity index (χ4v) is 2.96. The smallest absolute Gasteiger partial charge is 0.266 e. The maximum absolute atomic E-state index is 12.4. The van der Waals surface area contributed by atoms with Crippen LogP contribution in [0, 0.1) is 18.3 Å². The summed E-state index contributed by atoms with van der Waals surface area (Å²) in [7, 11) is 0. The molecule has 0 bridgehead atoms. The Bertz CT molecular complexity index is 1030. The lowest BCUT2D eigenvalue weighted by molar-refractivity contribution is -0.112. The fraction of sp³-hybridized carbons (Fsp3) is 0.0556. The summed E-state index contributed by atoms with van der Waals surface area (Å²) in [5, 5.41) is 12.8. The van der Waals surface area contributed by atoms with Gasteiger partial charge in [-0.1, -0.05) is 29.3 Å². The van der Waals surface area contributed by atoms with Crippen molar-refractivity contribution in [3.05, 3.63) is 69.7 Å². The Morgan fingerprint density at radius 2 is 2.00 bits per heavy atom. The van der Waals surface area contributed by atoms with Crippen LogP contribution in [-0.2, 0) is 4.79 Å². The highest BCUT2D eigenvalue weighted by Gasteiger charge is 2.13. The number of carbonyl (C=O) groups is 1. The Hall–Kier alpha value is -2.81. The average Bonchev–Trinajstić information content (AvgIpc) is 2.88. The lowest BCUT2D eigenvalue weighted by Crippen LogP contribution is -2.13. The van der Waals surface area contributed by atoms with E-state index >= 15 is 0 Å². The molecular formula is C18H12Cl2N4O. The van der Waals surface area contributed by atoms with Crippen LogP contribution in [-0.4, -0.2) is 15.3 Å². The number of nitrogens with one attached hydrogen (secondary N) is 1. The number of imidazole rings is 1. The van der Waals surface area contributed by atoms with Crippen molar-refractivity contribution in [3.63, 3.8) is 0 Å². The zero-order chi connectivity index (χ0) is 18.0. The maximum Gasteiger partial charge on any atom is 0.266 e. The molecule has 0 aliphatic heterocycles. The van der Waals surface area contributed by atoms with Crippen LogP contribution in [0.25, 0.3) is 11.6 Å². The first-order chi connectivity index (χ1) is 12.0. The summed E-state index contributed by atoms with van der Waals surface area (Å²) in [6, 6.07) is 12.2. The van der Waals surface area contributed by atoms with E-state index in [4.69, 9.17) is 23.2 Å². The second-order valence-corrected chi connectivity index (χ2v) is 6.16. The standard InChI is InChI=1S/C18H12Cl2N4O/c1-11-22-16(17-4-2-3-5-24(11)17)6-12(10-21)18(25)23-15-8-13(19)7-14(20)9-15/h2-9H,1H3,(H,23,25)/b12-6+. The van der Waals surface area contributed by atoms with Crippen molar-refractivity contribution in [1.82, 2.24) is 9.38 Å². The third-order valence-electron chi connectivity index (χ3n) is 3.52. The Morgan fingerprint density at radius 1 is 1.28 bits per heavy atom. The minimum atomic E-state index is -0.560. The summed E-state index contributed by atoms with van der Waals surface area (Å²) in [6.07, 6.45) is 3.33. The van der Waals surface area contributed by atoms with Crippen LogP contribution in [0.4, 0.5) is 5.69 Å². The highest BCUT2D eigenvalue weighted by Crippen LogP contribution is 2.23. The third-order valence-corrected chi connectivity index (χ3v) is 3.96. The van der Waals surface area contributed by atoms with E-state index in [1.165, 1.54) is 6.08 Å². The number of nitriles is 1. The van der Waals surface area contributed by atoms with E-state index in [0.717, 1.165) is 11.3 Å². The molecule has 0 saturated carbocycles. The number of aromatic nitrogens is 2. The number of aryl methyl sites for hydroxylation is 1. The molecule has 25 heavy (non-hydrogen) atoms. The van der Waals surface area contributed by atoms with E-state index in [1.54, 1.807) is 18.2 Å². The van der Waals surface area contributed by atoms with E-state index in [2.05, 4.69) is 10.3 Å². The van der Waals surface area contributed by atoms with Crippen molar-refractivity contribution >= 4 is 46.4 Å². The van der Waals surface area contributed by atoms with E-state index in [1.807, 2.05) is 41.8 Å². The quantitative estimate of drug-likeness (QED) is 0.545. The molecule has 1 N–H and O–H groups in total. The normalized spacial score (nSPS) is 11.4. The topological polar surface area (TPSA) is 70.2 Å². The molecule has 124 valence electrons. The van der Waals surface area contributed by atoms with Gasteiger partial charge in [-0.15, -0.1) is 0 Å². The fourth-order valence-electron chi connectivity index (χ4n) is 2.44. The Morgan fingerprint density at radius 3 is 2.68 bits per heavy atom. The molecule has 0 spiro atoms. The summed E-state index contributed by atoms with van der Waals surface area (Å²) < 4.78 is 1.88. The minimum Gasteiger partial charge on any atom is -0.321 e. The predicted molar refractivity (Wildman–Crippen MR) is 98.6 cm³/mol. The molecule has 0 unspecified atom stereocenters. The van der Waals surface area contributed by atoms with Crippen LogP contribution >= 0.6 is 23.2 Å². The highest BCUT2D eigenvalue weighted by atomic mass is 35.5. The van der Waals surface area contributed by atoms with Crippen LogP contribution in [0.2, 0.25) is 10.0 Å². The molecule has 0 saturated heterocycles. The van der Waals surface area contributed by atoms with E-state index < -0.39 is 5.91 Å². The van der Waals surface area contributed by atoms with Crippen LogP contribution in [0.3, 0.4) is 0 Å². The minimum absolute atomic E-state index is 0.0695. The Balaban J connectivity index is 1.94. The number of hydrogen-bond donors (Lipinski definition) is 1. The third kappa shape index (κ3) is 3.66. The Labute approximate surface area is 154 Å². The molecule has 2 aromatic heterocycles. The first-order valence-corrected chi connectivity index (χ1v) is 8.06. The van der Waals surface area contributed by atoms with Crippen molar-refractivity contribution in [2.24, 2.45) is 0 Å². The molecule has 0 radical (unpaired) electrons. The maximum atomic E-state index is 12.4. The molecule has 3 rings (SSSR count). The van der Waals surface area contributed by atoms with Crippen molar-refractivity contribution in [2.75, 3.05) is 5.32 Å². The van der Waals surface area contributed by atoms with Gasteiger partial charge in [0, 0.05) is 21.9 Å². The van der Waals surface area contributed by atoms with Crippen molar-refractivity contribution in [2.45, 2.75) is 6.92 Å². The molecular weight excluding hydrogens is 359 g/mol. The number of nitrogens with zero attached hydrogens (tertiary/aromatic N) is 3. The molecule has 5 nitrogen and oxygen atoms in total. The van der Waals surface area contributed by atoms with Gasteiger partial charge in [0.05, 0.1) is 11.2 Å². The molecule has 3 aromatic rings. The second kappa shape index (κ2) is 6.98. The van der Waals surface area contributed by atoms with Gasteiger partial charge in [0.1, 0.15) is 17.5 Å². The number of anilines is 1. The zero-order valence-corrected chi connectivity index (χ0v) is 14.6. The molecule has 1 amide bonds. The first-order valence-electron chi connectivity index (χ1n) is 7.31. The van der Waals surface area contributed by atoms with Gasteiger partial charge in [0.2, 0.25) is 0 Å². The van der Waals surface area contributed by atoms with Crippen LogP contribution < -0.4 is 5.32 Å². The second-order valence-electron chi connectivity index (χ2n) is 5.28. The molecule has 2 heterocycles. The highest BCUT2D eigenvalue weighted by molar-refractivity contribution is 6.35. The molecule has 0 aliphatic rings.